The number of ketones is 1. The summed E-state index contributed by atoms with van der Waals surface area (Å²) in [6, 6.07) is -0.324. The van der Waals surface area contributed by atoms with E-state index in [1.807, 2.05) is 25.9 Å². The Morgan fingerprint density at radius 1 is 0.882 bits per heavy atom. The highest BCUT2D eigenvalue weighted by atomic mass is 16.7. The Morgan fingerprint density at radius 3 is 2.04 bits per heavy atom. The number of carbonyl (C=O) groups is 2. The fourth-order valence-corrected chi connectivity index (χ4v) is 8.41. The summed E-state index contributed by atoms with van der Waals surface area (Å²) in [4.78, 5) is 29.8. The highest BCUT2D eigenvalue weighted by Crippen LogP contribution is 2.40. The Bertz CT molecular complexity index is 1170. The van der Waals surface area contributed by atoms with Gasteiger partial charge in [0.15, 0.2) is 12.6 Å². The third kappa shape index (κ3) is 9.51. The molecular weight excluding hydrogens is 666 g/mol. The minimum absolute atomic E-state index is 0.0936. The largest absolute Gasteiger partial charge is 0.459 e. The highest BCUT2D eigenvalue weighted by molar-refractivity contribution is 5.83. The SMILES string of the molecule is CC[C@H]1OC(=O)[C@H](C)[C@@H](O[C@H]2C[C@@](C)(OC)[C@@H](O)[C@H](C)O2)[C@H](C)[C@@H](O[C@@H]2O[C@H](C)C[C@H](N(C)C)[C@H]2O)[C@](C)(O)C[C@@H](C)C(=O)C(C)C(O)[C@]1(C)O. The molecule has 0 amide bonds. The second-order valence-electron chi connectivity index (χ2n) is 16.5. The molecule has 0 spiro atoms. The van der Waals surface area contributed by atoms with Crippen LogP contribution in [0.5, 0.6) is 0 Å². The van der Waals surface area contributed by atoms with Crippen LogP contribution in [0.25, 0.3) is 0 Å². The Labute approximate surface area is 304 Å². The van der Waals surface area contributed by atoms with Crippen molar-refractivity contribution in [3.8, 4) is 0 Å². The number of hydrogen-bond acceptors (Lipinski definition) is 14. The first-order valence-electron chi connectivity index (χ1n) is 18.5. The summed E-state index contributed by atoms with van der Waals surface area (Å²) < 4.78 is 37.1. The molecule has 3 fully saturated rings. The lowest BCUT2D eigenvalue weighted by molar-refractivity contribution is -0.318. The maximum Gasteiger partial charge on any atom is 0.311 e. The molecule has 0 aromatic rings. The van der Waals surface area contributed by atoms with Crippen LogP contribution >= 0.6 is 0 Å². The van der Waals surface area contributed by atoms with E-state index in [1.165, 1.54) is 27.9 Å². The lowest BCUT2D eigenvalue weighted by atomic mass is 9.74. The number of ether oxygens (including phenoxy) is 6. The first-order valence-corrected chi connectivity index (χ1v) is 18.5. The van der Waals surface area contributed by atoms with Crippen molar-refractivity contribution in [3.63, 3.8) is 0 Å². The normalized spacial score (nSPS) is 49.7. The van der Waals surface area contributed by atoms with Crippen LogP contribution in [0, 0.1) is 23.7 Å². The molecule has 5 N–H and O–H groups in total. The lowest BCUT2D eigenvalue weighted by Gasteiger charge is -2.49. The zero-order chi connectivity index (χ0) is 39.0. The van der Waals surface area contributed by atoms with Gasteiger partial charge in [-0.25, -0.2) is 0 Å². The lowest BCUT2D eigenvalue weighted by Crippen LogP contribution is -2.61. The van der Waals surface area contributed by atoms with Gasteiger partial charge in [0.1, 0.15) is 29.7 Å². The molecule has 2 unspecified atom stereocenters. The summed E-state index contributed by atoms with van der Waals surface area (Å²) in [6.45, 7) is 16.3. The van der Waals surface area contributed by atoms with Crippen LogP contribution in [-0.4, -0.2) is 148 Å². The Kier molecular flexibility index (Phi) is 14.7. The molecular formula is C37H67NO13. The summed E-state index contributed by atoms with van der Waals surface area (Å²) in [6.07, 6.45) is -9.71. The number of hydrogen-bond donors (Lipinski definition) is 5. The number of aliphatic hydroxyl groups excluding tert-OH is 3. The average molecular weight is 734 g/mol. The summed E-state index contributed by atoms with van der Waals surface area (Å²) >= 11 is 0. The molecule has 18 atom stereocenters. The fraction of sp³-hybridized carbons (Fsp3) is 0.946. The first kappa shape index (κ1) is 44.1. The van der Waals surface area contributed by atoms with Gasteiger partial charge in [-0.1, -0.05) is 27.7 Å². The average Bonchev–Trinajstić information content (AvgIpc) is 3.05. The van der Waals surface area contributed by atoms with E-state index in [1.54, 1.807) is 41.5 Å². The second-order valence-corrected chi connectivity index (χ2v) is 16.5. The molecule has 14 nitrogen and oxygen atoms in total. The molecule has 3 saturated heterocycles. The summed E-state index contributed by atoms with van der Waals surface area (Å²) in [5, 5.41) is 57.6. The van der Waals surface area contributed by atoms with Crippen LogP contribution < -0.4 is 0 Å². The van der Waals surface area contributed by atoms with E-state index < -0.39 is 108 Å². The number of carbonyl (C=O) groups excluding carboxylic acids is 2. The molecule has 298 valence electrons. The molecule has 0 saturated carbocycles. The number of Topliss-reactive ketones (excluding diaryl/α,β-unsaturated/α-hetero) is 1. The van der Waals surface area contributed by atoms with Gasteiger partial charge >= 0.3 is 5.97 Å². The molecule has 3 aliphatic heterocycles. The van der Waals surface area contributed by atoms with Gasteiger partial charge in [0.2, 0.25) is 0 Å². The standard InChI is InChI=1S/C37H67NO13/c1-14-25-37(10,45)30(41)20(4)27(39)18(2)16-35(8,44)32(51-34-28(40)24(38(11)12)15-19(3)47-34)21(5)29(22(6)33(43)49-25)50-26-17-36(9,46-13)31(42)23(7)48-26/h18-26,28-32,34,40-42,44-45H,14-17H2,1-13H3/t18-,19-,20?,21+,22-,23+,24+,25-,26+,28-,29+,30?,31+,32-,34+,35-,36-,37-/m1/s1. The Balaban J connectivity index is 2.18. The second kappa shape index (κ2) is 17.0. The van der Waals surface area contributed by atoms with Gasteiger partial charge < -0.3 is 58.9 Å². The number of esters is 1. The molecule has 14 heteroatoms. The molecule has 0 radical (unpaired) electrons. The van der Waals surface area contributed by atoms with Gasteiger partial charge in [0.25, 0.3) is 0 Å². The Morgan fingerprint density at radius 2 is 1.49 bits per heavy atom. The third-order valence-corrected chi connectivity index (χ3v) is 11.8. The predicted molar refractivity (Wildman–Crippen MR) is 186 cm³/mol. The quantitative estimate of drug-likeness (QED) is 0.238. The molecule has 3 heterocycles. The molecule has 51 heavy (non-hydrogen) atoms. The van der Waals surface area contributed by atoms with Crippen molar-refractivity contribution in [2.45, 2.75) is 179 Å². The van der Waals surface area contributed by atoms with Gasteiger partial charge in [0, 0.05) is 37.3 Å². The van der Waals surface area contributed by atoms with E-state index in [0.717, 1.165) is 0 Å². The van der Waals surface area contributed by atoms with Gasteiger partial charge in [0.05, 0.1) is 47.6 Å². The number of aliphatic hydroxyl groups is 5. The molecule has 0 bridgehead atoms. The van der Waals surface area contributed by atoms with Crippen molar-refractivity contribution < 1.29 is 63.5 Å². The van der Waals surface area contributed by atoms with Crippen LogP contribution in [0.15, 0.2) is 0 Å². The van der Waals surface area contributed by atoms with Crippen LogP contribution in [0.3, 0.4) is 0 Å². The zero-order valence-electron chi connectivity index (χ0n) is 32.9. The smallest absolute Gasteiger partial charge is 0.311 e. The number of methoxy groups -OCH3 is 1. The summed E-state index contributed by atoms with van der Waals surface area (Å²) in [5.41, 5.74) is -4.84. The van der Waals surface area contributed by atoms with Crippen molar-refractivity contribution in [2.24, 2.45) is 23.7 Å². The molecule has 3 rings (SSSR count). The van der Waals surface area contributed by atoms with Crippen LogP contribution in [0.4, 0.5) is 0 Å². The van der Waals surface area contributed by atoms with Gasteiger partial charge in [-0.15, -0.1) is 0 Å². The predicted octanol–water partition coefficient (Wildman–Crippen LogP) is 1.79. The number of rotatable bonds is 7. The summed E-state index contributed by atoms with van der Waals surface area (Å²) in [5.74, 6) is -4.98. The van der Waals surface area contributed by atoms with Crippen molar-refractivity contribution in [3.05, 3.63) is 0 Å². The van der Waals surface area contributed by atoms with E-state index in [9.17, 15) is 35.1 Å². The van der Waals surface area contributed by atoms with Crippen molar-refractivity contribution >= 4 is 11.8 Å². The minimum atomic E-state index is -1.99. The van der Waals surface area contributed by atoms with E-state index in [2.05, 4.69) is 0 Å². The van der Waals surface area contributed by atoms with Gasteiger partial charge in [-0.05, 0) is 74.9 Å². The molecule has 0 aliphatic carbocycles. The maximum atomic E-state index is 14.1. The van der Waals surface area contributed by atoms with Crippen molar-refractivity contribution in [1.29, 1.82) is 0 Å². The van der Waals surface area contributed by atoms with E-state index in [0.29, 0.717) is 6.42 Å². The topological polar surface area (TPSA) is 194 Å². The number of likely N-dealkylation sites (N-methyl/N-ethyl adjacent to an activating group) is 1. The van der Waals surface area contributed by atoms with Gasteiger partial charge in [-0.2, -0.15) is 0 Å². The molecule has 0 aromatic carbocycles. The molecule has 0 aromatic heterocycles. The zero-order valence-corrected chi connectivity index (χ0v) is 32.9. The first-order chi connectivity index (χ1) is 23.4. The van der Waals surface area contributed by atoms with Crippen molar-refractivity contribution in [2.75, 3.05) is 21.2 Å². The number of nitrogens with zero attached hydrogens (tertiary/aromatic N) is 1. The molecule has 3 aliphatic rings. The van der Waals surface area contributed by atoms with Crippen LogP contribution in [0.1, 0.15) is 94.9 Å². The van der Waals surface area contributed by atoms with E-state index >= 15 is 0 Å². The highest BCUT2D eigenvalue weighted by Gasteiger charge is 2.53. The van der Waals surface area contributed by atoms with E-state index in [4.69, 9.17) is 28.4 Å². The monoisotopic (exact) mass is 733 g/mol. The minimum Gasteiger partial charge on any atom is -0.459 e. The Hall–Kier alpha value is -1.30. The van der Waals surface area contributed by atoms with Gasteiger partial charge in [-0.3, -0.25) is 9.59 Å². The van der Waals surface area contributed by atoms with Crippen LogP contribution in [-0.2, 0) is 38.0 Å². The van der Waals surface area contributed by atoms with Crippen LogP contribution in [0.2, 0.25) is 0 Å². The third-order valence-electron chi connectivity index (χ3n) is 11.8. The van der Waals surface area contributed by atoms with E-state index in [-0.39, 0.29) is 31.4 Å². The fourth-order valence-electron chi connectivity index (χ4n) is 8.41. The van der Waals surface area contributed by atoms with Crippen molar-refractivity contribution in [1.82, 2.24) is 4.90 Å². The summed E-state index contributed by atoms with van der Waals surface area (Å²) in [7, 11) is 5.18. The number of cyclic esters (lactones) is 1. The maximum absolute atomic E-state index is 14.1.